The molecule has 0 atom stereocenters. The van der Waals surface area contributed by atoms with Crippen LogP contribution in [0.5, 0.6) is 11.5 Å². The highest BCUT2D eigenvalue weighted by molar-refractivity contribution is 5.94. The normalized spacial score (nSPS) is 23.0. The smallest absolute Gasteiger partial charge is 0.271 e. The van der Waals surface area contributed by atoms with Crippen molar-refractivity contribution in [1.82, 2.24) is 15.3 Å². The van der Waals surface area contributed by atoms with Gasteiger partial charge in [-0.2, -0.15) is 0 Å². The van der Waals surface area contributed by atoms with Gasteiger partial charge in [0, 0.05) is 18.2 Å². The van der Waals surface area contributed by atoms with Crippen LogP contribution in [0.3, 0.4) is 0 Å². The molecule has 1 fully saturated rings. The molecule has 1 aliphatic heterocycles. The maximum Gasteiger partial charge on any atom is 0.271 e. The number of carbonyl (C=O) groups excluding carboxylic acids is 1. The minimum absolute atomic E-state index is 0.156. The fourth-order valence-corrected chi connectivity index (χ4v) is 3.18. The zero-order valence-electron chi connectivity index (χ0n) is 13.0. The predicted molar refractivity (Wildman–Crippen MR) is 84.5 cm³/mol. The van der Waals surface area contributed by atoms with Crippen LogP contribution in [0, 0.1) is 5.92 Å². The lowest BCUT2D eigenvalue weighted by Crippen LogP contribution is -2.37. The highest BCUT2D eigenvalue weighted by Crippen LogP contribution is 2.34. The van der Waals surface area contributed by atoms with E-state index in [0.717, 1.165) is 31.6 Å². The van der Waals surface area contributed by atoms with Gasteiger partial charge in [0.05, 0.1) is 17.2 Å². The van der Waals surface area contributed by atoms with Gasteiger partial charge in [-0.05, 0) is 31.6 Å². The van der Waals surface area contributed by atoms with Crippen LogP contribution in [0.15, 0.2) is 18.3 Å². The minimum Gasteiger partial charge on any atom is -0.454 e. The van der Waals surface area contributed by atoms with Gasteiger partial charge in [0.1, 0.15) is 5.69 Å². The number of amides is 1. The Labute approximate surface area is 134 Å². The van der Waals surface area contributed by atoms with E-state index in [1.54, 1.807) is 12.1 Å². The van der Waals surface area contributed by atoms with Crippen molar-refractivity contribution in [3.05, 3.63) is 24.0 Å². The Morgan fingerprint density at radius 2 is 1.83 bits per heavy atom. The molecule has 1 saturated carbocycles. The van der Waals surface area contributed by atoms with Crippen LogP contribution in [0.1, 0.15) is 43.1 Å². The van der Waals surface area contributed by atoms with Crippen LogP contribution < -0.4 is 14.8 Å². The van der Waals surface area contributed by atoms with Crippen LogP contribution in [0.4, 0.5) is 0 Å². The number of hydrogen-bond donors (Lipinski definition) is 1. The Morgan fingerprint density at radius 1 is 1.13 bits per heavy atom. The summed E-state index contributed by atoms with van der Waals surface area (Å²) in [7, 11) is 0. The number of fused-ring (bicyclic) bond motifs is 2. The SMILES string of the molecule is CC1CCC(NC(=O)c2cnc3cc4c(cc3n2)OCO4)CC1. The van der Waals surface area contributed by atoms with E-state index in [-0.39, 0.29) is 18.7 Å². The Bertz CT molecular complexity index is 754. The standard InChI is InChI=1S/C17H19N3O3/c1-10-2-4-11(5-3-10)19-17(21)14-8-18-12-6-15-16(23-9-22-15)7-13(12)20-14/h6-8,10-11H,2-5,9H2,1H3,(H,19,21). The van der Waals surface area contributed by atoms with Gasteiger partial charge in [0.15, 0.2) is 11.5 Å². The fraction of sp³-hybridized carbons (Fsp3) is 0.471. The molecule has 0 saturated heterocycles. The van der Waals surface area contributed by atoms with E-state index in [9.17, 15) is 4.79 Å². The maximum absolute atomic E-state index is 12.4. The third kappa shape index (κ3) is 2.81. The van der Waals surface area contributed by atoms with Crippen LogP contribution in [0.2, 0.25) is 0 Å². The van der Waals surface area contributed by atoms with Crippen molar-refractivity contribution in [2.24, 2.45) is 5.92 Å². The number of benzene rings is 1. The summed E-state index contributed by atoms with van der Waals surface area (Å²) < 4.78 is 10.7. The lowest BCUT2D eigenvalue weighted by Gasteiger charge is -2.26. The van der Waals surface area contributed by atoms with E-state index in [4.69, 9.17) is 9.47 Å². The lowest BCUT2D eigenvalue weighted by atomic mass is 9.87. The zero-order chi connectivity index (χ0) is 15.8. The molecule has 0 unspecified atom stereocenters. The fourth-order valence-electron chi connectivity index (χ4n) is 3.18. The van der Waals surface area contributed by atoms with Gasteiger partial charge in [0.2, 0.25) is 6.79 Å². The molecule has 6 heteroatoms. The van der Waals surface area contributed by atoms with Gasteiger partial charge >= 0.3 is 0 Å². The second-order valence-corrected chi connectivity index (χ2v) is 6.38. The minimum atomic E-state index is -0.156. The molecule has 6 nitrogen and oxygen atoms in total. The number of nitrogens with one attached hydrogen (secondary N) is 1. The van der Waals surface area contributed by atoms with Crippen molar-refractivity contribution in [2.45, 2.75) is 38.6 Å². The second kappa shape index (κ2) is 5.68. The Balaban J connectivity index is 1.54. The molecule has 0 bridgehead atoms. The topological polar surface area (TPSA) is 73.3 Å². The number of ether oxygens (including phenoxy) is 2. The molecule has 1 aromatic heterocycles. The van der Waals surface area contributed by atoms with E-state index in [2.05, 4.69) is 22.2 Å². The highest BCUT2D eigenvalue weighted by Gasteiger charge is 2.22. The molecule has 1 aromatic carbocycles. The van der Waals surface area contributed by atoms with Crippen LogP contribution in [-0.2, 0) is 0 Å². The molecule has 1 N–H and O–H groups in total. The van der Waals surface area contributed by atoms with Crippen molar-refractivity contribution < 1.29 is 14.3 Å². The average molecular weight is 313 g/mol. The summed E-state index contributed by atoms with van der Waals surface area (Å²) >= 11 is 0. The van der Waals surface area contributed by atoms with E-state index < -0.39 is 0 Å². The first-order valence-electron chi connectivity index (χ1n) is 8.06. The van der Waals surface area contributed by atoms with E-state index in [1.165, 1.54) is 6.20 Å². The van der Waals surface area contributed by atoms with Crippen LogP contribution >= 0.6 is 0 Å². The molecule has 2 heterocycles. The number of nitrogens with zero attached hydrogens (tertiary/aromatic N) is 2. The Hall–Kier alpha value is -2.37. The summed E-state index contributed by atoms with van der Waals surface area (Å²) in [5.74, 6) is 1.91. The summed E-state index contributed by atoms with van der Waals surface area (Å²) in [5.41, 5.74) is 1.67. The van der Waals surface area contributed by atoms with Gasteiger partial charge in [-0.25, -0.2) is 4.98 Å². The molecule has 1 amide bonds. The molecule has 2 aliphatic rings. The molecule has 0 radical (unpaired) electrons. The number of aromatic nitrogens is 2. The molecule has 2 aromatic rings. The van der Waals surface area contributed by atoms with Gasteiger partial charge in [-0.1, -0.05) is 6.92 Å². The van der Waals surface area contributed by atoms with E-state index in [0.29, 0.717) is 28.2 Å². The third-order valence-electron chi connectivity index (χ3n) is 4.62. The van der Waals surface area contributed by atoms with Crippen molar-refractivity contribution in [2.75, 3.05) is 6.79 Å². The first kappa shape index (κ1) is 14.2. The molecular weight excluding hydrogens is 294 g/mol. The van der Waals surface area contributed by atoms with Gasteiger partial charge in [-0.15, -0.1) is 0 Å². The van der Waals surface area contributed by atoms with E-state index in [1.807, 2.05) is 0 Å². The Morgan fingerprint density at radius 3 is 2.57 bits per heavy atom. The van der Waals surface area contributed by atoms with Gasteiger partial charge < -0.3 is 14.8 Å². The third-order valence-corrected chi connectivity index (χ3v) is 4.62. The predicted octanol–water partition coefficient (Wildman–Crippen LogP) is 2.67. The highest BCUT2D eigenvalue weighted by atomic mass is 16.7. The van der Waals surface area contributed by atoms with Crippen LogP contribution in [-0.4, -0.2) is 28.7 Å². The quantitative estimate of drug-likeness (QED) is 0.922. The van der Waals surface area contributed by atoms with E-state index >= 15 is 0 Å². The van der Waals surface area contributed by atoms with Crippen molar-refractivity contribution >= 4 is 16.9 Å². The summed E-state index contributed by atoms with van der Waals surface area (Å²) in [4.78, 5) is 21.2. The summed E-state index contributed by atoms with van der Waals surface area (Å²) in [6.07, 6.45) is 5.92. The summed E-state index contributed by atoms with van der Waals surface area (Å²) in [5, 5.41) is 3.08. The van der Waals surface area contributed by atoms with Gasteiger partial charge in [0.25, 0.3) is 5.91 Å². The second-order valence-electron chi connectivity index (χ2n) is 6.38. The number of carbonyl (C=O) groups is 1. The van der Waals surface area contributed by atoms with Gasteiger partial charge in [-0.3, -0.25) is 9.78 Å². The zero-order valence-corrected chi connectivity index (χ0v) is 13.0. The molecule has 0 spiro atoms. The number of hydrogen-bond acceptors (Lipinski definition) is 5. The Kier molecular flexibility index (Phi) is 3.52. The molecule has 1 aliphatic carbocycles. The maximum atomic E-state index is 12.4. The first-order valence-corrected chi connectivity index (χ1v) is 8.06. The van der Waals surface area contributed by atoms with Crippen molar-refractivity contribution in [1.29, 1.82) is 0 Å². The molecule has 4 rings (SSSR count). The molecular formula is C17H19N3O3. The monoisotopic (exact) mass is 313 g/mol. The van der Waals surface area contributed by atoms with Crippen molar-refractivity contribution in [3.8, 4) is 11.5 Å². The first-order chi connectivity index (χ1) is 11.2. The average Bonchev–Trinajstić information content (AvgIpc) is 3.01. The molecule has 120 valence electrons. The summed E-state index contributed by atoms with van der Waals surface area (Å²) in [6.45, 7) is 2.47. The largest absolute Gasteiger partial charge is 0.454 e. The summed E-state index contributed by atoms with van der Waals surface area (Å²) in [6, 6.07) is 3.80. The molecule has 23 heavy (non-hydrogen) atoms. The van der Waals surface area contributed by atoms with Crippen molar-refractivity contribution in [3.63, 3.8) is 0 Å². The lowest BCUT2D eigenvalue weighted by molar-refractivity contribution is 0.0918. The number of rotatable bonds is 2. The van der Waals surface area contributed by atoms with Crippen LogP contribution in [0.25, 0.3) is 11.0 Å².